The maximum atomic E-state index is 11.2. The van der Waals surface area contributed by atoms with E-state index in [0.717, 1.165) is 19.5 Å². The van der Waals surface area contributed by atoms with Gasteiger partial charge < -0.3 is 5.32 Å². The molecule has 0 aromatic rings. The van der Waals surface area contributed by atoms with Gasteiger partial charge in [0, 0.05) is 12.6 Å². The van der Waals surface area contributed by atoms with E-state index in [-0.39, 0.29) is 5.88 Å². The quantitative estimate of drug-likeness (QED) is 0.713. The summed E-state index contributed by atoms with van der Waals surface area (Å²) in [6, 6.07) is -0.0737. The molecule has 1 fully saturated rings. The zero-order chi connectivity index (χ0) is 12.0. The molecule has 0 spiro atoms. The molecule has 1 aliphatic rings. The molecule has 0 radical (unpaired) electrons. The predicted octanol–water partition coefficient (Wildman–Crippen LogP) is 0.535. The molecule has 6 heteroatoms. The summed E-state index contributed by atoms with van der Waals surface area (Å²) in [5.41, 5.74) is 0. The van der Waals surface area contributed by atoms with Crippen molar-refractivity contribution in [2.75, 3.05) is 25.5 Å². The molecule has 1 saturated heterocycles. The Kier molecular flexibility index (Phi) is 5.55. The number of nitrogens with one attached hydrogen (secondary N) is 2. The molecular weight excluding hydrogens is 230 g/mol. The normalized spacial score (nSPS) is 20.8. The van der Waals surface area contributed by atoms with Gasteiger partial charge in [-0.25, -0.2) is 4.79 Å². The highest BCUT2D eigenvalue weighted by molar-refractivity contribution is 6.28. The molecule has 0 aromatic carbocycles. The molecule has 2 N–H and O–H groups in total. The Morgan fingerprint density at radius 1 is 1.50 bits per heavy atom. The molecule has 1 heterocycles. The van der Waals surface area contributed by atoms with Crippen LogP contribution in [0, 0.1) is 0 Å². The van der Waals surface area contributed by atoms with Crippen LogP contribution in [-0.4, -0.2) is 48.4 Å². The van der Waals surface area contributed by atoms with E-state index in [2.05, 4.69) is 22.5 Å². The Balaban J connectivity index is 2.23. The molecule has 16 heavy (non-hydrogen) atoms. The number of carbonyl (C=O) groups excluding carboxylic acids is 2. The van der Waals surface area contributed by atoms with Crippen molar-refractivity contribution < 1.29 is 9.59 Å². The average molecular weight is 248 g/mol. The van der Waals surface area contributed by atoms with Crippen molar-refractivity contribution >= 4 is 23.5 Å². The number of hydrogen-bond donors (Lipinski definition) is 2. The molecule has 0 saturated carbocycles. The number of alkyl halides is 1. The summed E-state index contributed by atoms with van der Waals surface area (Å²) in [5.74, 6) is -0.671. The molecule has 0 aromatic heterocycles. The fourth-order valence-electron chi connectivity index (χ4n) is 1.96. The van der Waals surface area contributed by atoms with E-state index in [1.807, 2.05) is 0 Å². The Morgan fingerprint density at radius 2 is 2.25 bits per heavy atom. The molecule has 92 valence electrons. The van der Waals surface area contributed by atoms with Crippen molar-refractivity contribution in [3.8, 4) is 0 Å². The Morgan fingerprint density at radius 3 is 2.88 bits per heavy atom. The minimum Gasteiger partial charge on any atom is -0.336 e. The van der Waals surface area contributed by atoms with E-state index in [1.54, 1.807) is 0 Å². The number of amides is 3. The second-order valence-corrected chi connectivity index (χ2v) is 4.08. The predicted molar refractivity (Wildman–Crippen MR) is 62.5 cm³/mol. The first-order valence-corrected chi connectivity index (χ1v) is 6.08. The first-order valence-electron chi connectivity index (χ1n) is 5.55. The molecule has 0 bridgehead atoms. The van der Waals surface area contributed by atoms with Crippen molar-refractivity contribution in [1.82, 2.24) is 15.5 Å². The van der Waals surface area contributed by atoms with Crippen LogP contribution in [0.1, 0.15) is 19.8 Å². The highest BCUT2D eigenvalue weighted by Crippen LogP contribution is 2.15. The van der Waals surface area contributed by atoms with Gasteiger partial charge in [-0.2, -0.15) is 0 Å². The van der Waals surface area contributed by atoms with Crippen LogP contribution in [0.5, 0.6) is 0 Å². The van der Waals surface area contributed by atoms with Gasteiger partial charge in [-0.05, 0) is 25.9 Å². The Hall–Kier alpha value is -0.810. The molecule has 1 unspecified atom stereocenters. The van der Waals surface area contributed by atoms with Crippen molar-refractivity contribution in [3.63, 3.8) is 0 Å². The molecule has 5 nitrogen and oxygen atoms in total. The number of hydrogen-bond acceptors (Lipinski definition) is 3. The van der Waals surface area contributed by atoms with Crippen LogP contribution in [-0.2, 0) is 4.79 Å². The summed E-state index contributed by atoms with van der Waals surface area (Å²) in [7, 11) is 0. The molecule has 1 rings (SSSR count). The highest BCUT2D eigenvalue weighted by atomic mass is 35.5. The molecule has 3 amide bonds. The fourth-order valence-corrected chi connectivity index (χ4v) is 2.02. The number of rotatable bonds is 4. The van der Waals surface area contributed by atoms with Gasteiger partial charge in [0.15, 0.2) is 0 Å². The van der Waals surface area contributed by atoms with E-state index < -0.39 is 11.9 Å². The van der Waals surface area contributed by atoms with E-state index in [0.29, 0.717) is 12.6 Å². The third-order valence-corrected chi connectivity index (χ3v) is 3.02. The number of nitrogens with zero attached hydrogens (tertiary/aromatic N) is 1. The van der Waals surface area contributed by atoms with Crippen LogP contribution in [0.15, 0.2) is 0 Å². The summed E-state index contributed by atoms with van der Waals surface area (Å²) in [4.78, 5) is 24.4. The fraction of sp³-hybridized carbons (Fsp3) is 0.800. The van der Waals surface area contributed by atoms with E-state index in [1.165, 1.54) is 6.42 Å². The SMILES string of the molecule is CCN1CCCC1CNC(=O)NC(=O)CCl. The zero-order valence-corrected chi connectivity index (χ0v) is 10.2. The van der Waals surface area contributed by atoms with E-state index in [9.17, 15) is 9.59 Å². The summed E-state index contributed by atoms with van der Waals surface area (Å²) in [5, 5.41) is 4.83. The van der Waals surface area contributed by atoms with E-state index >= 15 is 0 Å². The van der Waals surface area contributed by atoms with Crippen LogP contribution in [0.3, 0.4) is 0 Å². The number of halogens is 1. The number of urea groups is 1. The van der Waals surface area contributed by atoms with Gasteiger partial charge in [-0.1, -0.05) is 6.92 Å². The summed E-state index contributed by atoms with van der Waals surface area (Å²) in [6.45, 7) is 4.77. The van der Waals surface area contributed by atoms with Crippen LogP contribution in [0.25, 0.3) is 0 Å². The van der Waals surface area contributed by atoms with Gasteiger partial charge in [-0.3, -0.25) is 15.0 Å². The largest absolute Gasteiger partial charge is 0.336 e. The molecule has 1 atom stereocenters. The summed E-state index contributed by atoms with van der Waals surface area (Å²) >= 11 is 5.27. The highest BCUT2D eigenvalue weighted by Gasteiger charge is 2.23. The van der Waals surface area contributed by atoms with Gasteiger partial charge in [-0.15, -0.1) is 11.6 Å². The van der Waals surface area contributed by atoms with Gasteiger partial charge in [0.05, 0.1) is 0 Å². The lowest BCUT2D eigenvalue weighted by Crippen LogP contribution is -2.45. The third-order valence-electron chi connectivity index (χ3n) is 2.78. The third kappa shape index (κ3) is 3.98. The standard InChI is InChI=1S/C10H18ClN3O2/c1-2-14-5-3-4-8(14)7-12-10(16)13-9(15)6-11/h8H,2-7H2,1H3,(H2,12,13,15,16). The van der Waals surface area contributed by atoms with Gasteiger partial charge >= 0.3 is 6.03 Å². The smallest absolute Gasteiger partial charge is 0.321 e. The molecule has 1 aliphatic heterocycles. The number of likely N-dealkylation sites (tertiary alicyclic amines) is 1. The van der Waals surface area contributed by atoms with Crippen LogP contribution in [0.2, 0.25) is 0 Å². The first kappa shape index (κ1) is 13.3. The van der Waals surface area contributed by atoms with Gasteiger partial charge in [0.25, 0.3) is 0 Å². The first-order chi connectivity index (χ1) is 7.67. The lowest BCUT2D eigenvalue weighted by atomic mass is 10.2. The van der Waals surface area contributed by atoms with Crippen LogP contribution < -0.4 is 10.6 Å². The van der Waals surface area contributed by atoms with Crippen LogP contribution >= 0.6 is 11.6 Å². The van der Waals surface area contributed by atoms with Crippen molar-refractivity contribution in [2.45, 2.75) is 25.8 Å². The lowest BCUT2D eigenvalue weighted by Gasteiger charge is -2.22. The second kappa shape index (κ2) is 6.70. The summed E-state index contributed by atoms with van der Waals surface area (Å²) in [6.07, 6.45) is 2.26. The topological polar surface area (TPSA) is 61.4 Å². The number of likely N-dealkylation sites (N-methyl/N-ethyl adjacent to an activating group) is 1. The Labute approximate surface area is 101 Å². The minimum atomic E-state index is -0.474. The average Bonchev–Trinajstić information content (AvgIpc) is 2.73. The molecular formula is C10H18ClN3O2. The monoisotopic (exact) mass is 247 g/mol. The maximum Gasteiger partial charge on any atom is 0.321 e. The second-order valence-electron chi connectivity index (χ2n) is 3.82. The Bertz CT molecular complexity index is 260. The van der Waals surface area contributed by atoms with Crippen molar-refractivity contribution in [3.05, 3.63) is 0 Å². The maximum absolute atomic E-state index is 11.2. The lowest BCUT2D eigenvalue weighted by molar-refractivity contribution is -0.117. The van der Waals surface area contributed by atoms with Crippen molar-refractivity contribution in [2.24, 2.45) is 0 Å². The minimum absolute atomic E-state index is 0.196. The van der Waals surface area contributed by atoms with Gasteiger partial charge in [0.1, 0.15) is 5.88 Å². The van der Waals surface area contributed by atoms with E-state index in [4.69, 9.17) is 11.6 Å². The van der Waals surface area contributed by atoms with Crippen molar-refractivity contribution in [1.29, 1.82) is 0 Å². The zero-order valence-electron chi connectivity index (χ0n) is 9.46. The molecule has 0 aliphatic carbocycles. The number of imide groups is 1. The van der Waals surface area contributed by atoms with Crippen LogP contribution in [0.4, 0.5) is 4.79 Å². The summed E-state index contributed by atoms with van der Waals surface area (Å²) < 4.78 is 0. The van der Waals surface area contributed by atoms with Gasteiger partial charge in [0.2, 0.25) is 5.91 Å². The number of carbonyl (C=O) groups is 2.